The van der Waals surface area contributed by atoms with Gasteiger partial charge in [0.25, 0.3) is 0 Å². The van der Waals surface area contributed by atoms with E-state index in [2.05, 4.69) is 23.8 Å². The molecule has 1 heterocycles. The third-order valence-corrected chi connectivity index (χ3v) is 3.62. The second kappa shape index (κ2) is 7.08. The van der Waals surface area contributed by atoms with Crippen LogP contribution in [0.25, 0.3) is 10.9 Å². The Morgan fingerprint density at radius 3 is 2.85 bits per heavy atom. The van der Waals surface area contributed by atoms with Gasteiger partial charge in [0.1, 0.15) is 6.33 Å². The van der Waals surface area contributed by atoms with E-state index in [0.717, 1.165) is 17.3 Å². The van der Waals surface area contributed by atoms with Crippen LogP contribution in [0.3, 0.4) is 0 Å². The lowest BCUT2D eigenvalue weighted by Gasteiger charge is -2.15. The van der Waals surface area contributed by atoms with Gasteiger partial charge < -0.3 is 10.5 Å². The van der Waals surface area contributed by atoms with Crippen molar-refractivity contribution in [2.75, 3.05) is 12.3 Å². The lowest BCUT2D eigenvalue weighted by Crippen LogP contribution is -2.12. The fourth-order valence-corrected chi connectivity index (χ4v) is 2.26. The summed E-state index contributed by atoms with van der Waals surface area (Å²) in [6.07, 6.45) is 6.35. The molecular formula is C16H23N3O. The van der Waals surface area contributed by atoms with Gasteiger partial charge in [0.05, 0.1) is 17.5 Å². The Morgan fingerprint density at radius 2 is 2.10 bits per heavy atom. The van der Waals surface area contributed by atoms with Crippen LogP contribution < -0.4 is 10.5 Å². The molecule has 0 spiro atoms. The van der Waals surface area contributed by atoms with E-state index in [9.17, 15) is 0 Å². The normalized spacial score (nSPS) is 12.5. The van der Waals surface area contributed by atoms with E-state index in [4.69, 9.17) is 10.5 Å². The van der Waals surface area contributed by atoms with Crippen molar-refractivity contribution in [1.82, 2.24) is 9.97 Å². The summed E-state index contributed by atoms with van der Waals surface area (Å²) in [6, 6.07) is 5.61. The fourth-order valence-electron chi connectivity index (χ4n) is 2.26. The Kier molecular flexibility index (Phi) is 5.16. The average Bonchev–Trinajstić information content (AvgIpc) is 2.47. The molecule has 2 N–H and O–H groups in total. The van der Waals surface area contributed by atoms with Crippen molar-refractivity contribution in [2.24, 2.45) is 5.92 Å². The summed E-state index contributed by atoms with van der Waals surface area (Å²) in [6.45, 7) is 5.13. The van der Waals surface area contributed by atoms with E-state index in [-0.39, 0.29) is 0 Å². The predicted molar refractivity (Wildman–Crippen MR) is 82.8 cm³/mol. The van der Waals surface area contributed by atoms with Crippen molar-refractivity contribution in [1.29, 1.82) is 0 Å². The van der Waals surface area contributed by atoms with Crippen LogP contribution >= 0.6 is 0 Å². The van der Waals surface area contributed by atoms with Crippen LogP contribution in [0.15, 0.2) is 24.5 Å². The molecule has 0 amide bonds. The van der Waals surface area contributed by atoms with Gasteiger partial charge in [-0.2, -0.15) is 0 Å². The van der Waals surface area contributed by atoms with E-state index in [1.54, 1.807) is 6.33 Å². The Morgan fingerprint density at radius 1 is 1.25 bits per heavy atom. The summed E-state index contributed by atoms with van der Waals surface area (Å²) in [5.41, 5.74) is 7.40. The summed E-state index contributed by atoms with van der Waals surface area (Å²) in [5.74, 6) is 1.22. The number of hydrogen-bond acceptors (Lipinski definition) is 4. The van der Waals surface area contributed by atoms with Crippen LogP contribution in [0, 0.1) is 5.92 Å². The summed E-state index contributed by atoms with van der Waals surface area (Å²) in [7, 11) is 0. The topological polar surface area (TPSA) is 61.0 Å². The molecule has 0 fully saturated rings. The Bertz CT molecular complexity index is 556. The average molecular weight is 273 g/mol. The molecule has 0 aliphatic rings. The zero-order valence-electron chi connectivity index (χ0n) is 12.3. The number of nitrogens with two attached hydrogens (primary N) is 1. The van der Waals surface area contributed by atoms with Gasteiger partial charge in [-0.05, 0) is 30.5 Å². The summed E-state index contributed by atoms with van der Waals surface area (Å²) >= 11 is 0. The molecule has 0 aliphatic heterocycles. The third-order valence-electron chi connectivity index (χ3n) is 3.62. The van der Waals surface area contributed by atoms with Crippen LogP contribution in [0.4, 0.5) is 5.69 Å². The Labute approximate surface area is 120 Å². The highest BCUT2D eigenvalue weighted by Gasteiger charge is 2.10. The van der Waals surface area contributed by atoms with Crippen molar-refractivity contribution in [2.45, 2.75) is 39.5 Å². The summed E-state index contributed by atoms with van der Waals surface area (Å²) in [5, 5.41) is 0.887. The number of unbranched alkanes of at least 4 members (excludes halogenated alkanes) is 1. The molecule has 2 rings (SSSR count). The first-order valence-corrected chi connectivity index (χ1v) is 7.37. The molecule has 108 valence electrons. The fraction of sp³-hybridized carbons (Fsp3) is 0.500. The number of ether oxygens (including phenoxy) is 1. The molecule has 2 aromatic rings. The zero-order valence-corrected chi connectivity index (χ0v) is 12.3. The maximum atomic E-state index is 5.92. The number of rotatable bonds is 7. The van der Waals surface area contributed by atoms with Gasteiger partial charge in [0.15, 0.2) is 0 Å². The molecule has 20 heavy (non-hydrogen) atoms. The highest BCUT2D eigenvalue weighted by atomic mass is 16.5. The van der Waals surface area contributed by atoms with Gasteiger partial charge in [0.2, 0.25) is 5.88 Å². The van der Waals surface area contributed by atoms with Crippen LogP contribution in [-0.2, 0) is 0 Å². The molecular weight excluding hydrogens is 250 g/mol. The van der Waals surface area contributed by atoms with E-state index >= 15 is 0 Å². The van der Waals surface area contributed by atoms with Gasteiger partial charge in [-0.25, -0.2) is 9.97 Å². The third kappa shape index (κ3) is 3.59. The van der Waals surface area contributed by atoms with E-state index in [1.165, 1.54) is 19.3 Å². The largest absolute Gasteiger partial charge is 0.477 e. The molecule has 1 aromatic heterocycles. The van der Waals surface area contributed by atoms with E-state index in [0.29, 0.717) is 24.1 Å². The molecule has 4 nitrogen and oxygen atoms in total. The van der Waals surface area contributed by atoms with Crippen molar-refractivity contribution in [3.8, 4) is 5.88 Å². The van der Waals surface area contributed by atoms with Crippen LogP contribution in [0.5, 0.6) is 5.88 Å². The minimum Gasteiger partial charge on any atom is -0.477 e. The number of anilines is 1. The van der Waals surface area contributed by atoms with Gasteiger partial charge in [-0.3, -0.25) is 0 Å². The predicted octanol–water partition coefficient (Wildman–Crippen LogP) is 3.81. The van der Waals surface area contributed by atoms with Crippen LogP contribution in [0.2, 0.25) is 0 Å². The molecule has 0 saturated heterocycles. The number of nitrogens with zero attached hydrogens (tertiary/aromatic N) is 2. The molecule has 4 heteroatoms. The lowest BCUT2D eigenvalue weighted by atomic mass is 10.0. The monoisotopic (exact) mass is 273 g/mol. The Balaban J connectivity index is 2.11. The van der Waals surface area contributed by atoms with Gasteiger partial charge in [-0.1, -0.05) is 33.1 Å². The van der Waals surface area contributed by atoms with Crippen LogP contribution in [-0.4, -0.2) is 16.6 Å². The van der Waals surface area contributed by atoms with Crippen molar-refractivity contribution in [3.05, 3.63) is 24.5 Å². The van der Waals surface area contributed by atoms with Crippen molar-refractivity contribution in [3.63, 3.8) is 0 Å². The number of benzene rings is 1. The van der Waals surface area contributed by atoms with E-state index in [1.807, 2.05) is 18.2 Å². The zero-order chi connectivity index (χ0) is 14.4. The maximum absolute atomic E-state index is 5.92. The Hall–Kier alpha value is -1.84. The molecule has 1 unspecified atom stereocenters. The van der Waals surface area contributed by atoms with Gasteiger partial charge in [-0.15, -0.1) is 0 Å². The smallest absolute Gasteiger partial charge is 0.224 e. The quantitative estimate of drug-likeness (QED) is 0.779. The molecule has 0 saturated carbocycles. The van der Waals surface area contributed by atoms with Gasteiger partial charge >= 0.3 is 0 Å². The molecule has 0 aliphatic carbocycles. The second-order valence-electron chi connectivity index (χ2n) is 5.18. The maximum Gasteiger partial charge on any atom is 0.224 e. The van der Waals surface area contributed by atoms with Crippen molar-refractivity contribution >= 4 is 16.6 Å². The SMILES string of the molecule is CCCCC(CC)COc1ncnc2ccc(N)cc12. The standard InChI is InChI=1S/C16H23N3O/c1-3-5-6-12(4-2)10-20-16-14-9-13(17)7-8-15(14)18-11-19-16/h7-9,11-12H,3-6,10,17H2,1-2H3. The summed E-state index contributed by atoms with van der Waals surface area (Å²) < 4.78 is 5.92. The minimum absolute atomic E-state index is 0.584. The highest BCUT2D eigenvalue weighted by molar-refractivity contribution is 5.86. The summed E-state index contributed by atoms with van der Waals surface area (Å²) in [4.78, 5) is 8.48. The number of nitrogen functional groups attached to an aromatic ring is 1. The first-order chi connectivity index (χ1) is 9.74. The molecule has 0 radical (unpaired) electrons. The van der Waals surface area contributed by atoms with Crippen LogP contribution in [0.1, 0.15) is 39.5 Å². The number of aromatic nitrogens is 2. The van der Waals surface area contributed by atoms with E-state index < -0.39 is 0 Å². The molecule has 1 aromatic carbocycles. The van der Waals surface area contributed by atoms with Gasteiger partial charge in [0, 0.05) is 5.69 Å². The van der Waals surface area contributed by atoms with Crippen molar-refractivity contribution < 1.29 is 4.74 Å². The minimum atomic E-state index is 0.584. The number of hydrogen-bond donors (Lipinski definition) is 1. The first kappa shape index (κ1) is 14.6. The molecule has 1 atom stereocenters. The molecule has 0 bridgehead atoms. The first-order valence-electron chi connectivity index (χ1n) is 7.37. The highest BCUT2D eigenvalue weighted by Crippen LogP contribution is 2.24. The number of fused-ring (bicyclic) bond motifs is 1. The second-order valence-corrected chi connectivity index (χ2v) is 5.18. The lowest BCUT2D eigenvalue weighted by molar-refractivity contribution is 0.228.